The Balaban J connectivity index is 1.27. The Labute approximate surface area is 275 Å². The van der Waals surface area contributed by atoms with Crippen molar-refractivity contribution in [3.8, 4) is 40.2 Å². The Morgan fingerprint density at radius 2 is 0.898 bits per heavy atom. The molecule has 0 aliphatic rings. The van der Waals surface area contributed by atoms with E-state index in [2.05, 4.69) is 0 Å². The first-order chi connectivity index (χ1) is 23.6. The summed E-state index contributed by atoms with van der Waals surface area (Å²) in [6.07, 6.45) is 0.781. The van der Waals surface area contributed by atoms with Crippen molar-refractivity contribution < 1.29 is 53.8 Å². The molecule has 0 atom stereocenters. The molecule has 0 aliphatic carbocycles. The molecule has 0 aromatic heterocycles. The molecule has 0 heterocycles. The predicted octanol–water partition coefficient (Wildman–Crippen LogP) is 6.88. The number of rotatable bonds is 7. The number of phenolic OH excluding ortho intramolecular Hbond substituents is 4. The lowest BCUT2D eigenvalue weighted by Crippen LogP contribution is -2.13. The lowest BCUT2D eigenvalue weighted by Gasteiger charge is -2.15. The molecule has 11 heteroatoms. The molecule has 7 aromatic rings. The largest absolute Gasteiger partial charge is 0.508 e. The number of aldehydes is 1. The monoisotopic (exact) mass is 654 g/mol. The SMILES string of the molecule is O=Cc1ccc2ccc3c(OC(=O)c4cc(OC(=O)c5cc(O)cc(O)c5)cc(OC(=O)c5cc(O)cc(O)c5)c4)ccc4ccc1c2c43. The van der Waals surface area contributed by atoms with E-state index < -0.39 is 40.9 Å². The third-order valence-electron chi connectivity index (χ3n) is 7.80. The molecule has 0 spiro atoms. The lowest BCUT2D eigenvalue weighted by atomic mass is 9.92. The summed E-state index contributed by atoms with van der Waals surface area (Å²) in [7, 11) is 0. The first-order valence-electron chi connectivity index (χ1n) is 14.6. The normalized spacial score (nSPS) is 11.1. The highest BCUT2D eigenvalue weighted by Gasteiger charge is 2.21. The van der Waals surface area contributed by atoms with Crippen molar-refractivity contribution >= 4 is 56.5 Å². The zero-order valence-corrected chi connectivity index (χ0v) is 25.0. The minimum atomic E-state index is -1.02. The van der Waals surface area contributed by atoms with E-state index in [4.69, 9.17) is 14.2 Å². The fraction of sp³-hybridized carbons (Fsp3) is 0. The number of benzene rings is 7. The van der Waals surface area contributed by atoms with Crippen molar-refractivity contribution in [2.24, 2.45) is 0 Å². The average molecular weight is 655 g/mol. The zero-order valence-electron chi connectivity index (χ0n) is 25.0. The molecule has 240 valence electrons. The summed E-state index contributed by atoms with van der Waals surface area (Å²) in [5.41, 5.74) is -0.115. The molecule has 0 saturated heterocycles. The quantitative estimate of drug-likeness (QED) is 0.0610. The van der Waals surface area contributed by atoms with Gasteiger partial charge in [-0.3, -0.25) is 4.79 Å². The molecule has 0 unspecified atom stereocenters. The number of carbonyl (C=O) groups excluding carboxylic acids is 4. The van der Waals surface area contributed by atoms with Gasteiger partial charge in [-0.2, -0.15) is 0 Å². The van der Waals surface area contributed by atoms with Gasteiger partial charge in [-0.15, -0.1) is 0 Å². The van der Waals surface area contributed by atoms with E-state index >= 15 is 0 Å². The summed E-state index contributed by atoms with van der Waals surface area (Å²) in [5.74, 6) is -4.89. The van der Waals surface area contributed by atoms with Crippen molar-refractivity contribution in [3.63, 3.8) is 0 Å². The maximum absolute atomic E-state index is 13.7. The minimum absolute atomic E-state index is 0.190. The standard InChI is InChI=1S/C38H22O11/c39-18-21-2-1-19-4-7-32-33(8-5-20-3-6-31(21)34(19)35(20)32)49-38(46)24-13-29(47-36(44)22-9-25(40)15-26(41)10-22)17-30(14-24)48-37(45)23-11-27(42)16-28(43)12-23/h1-18,40-43H. The van der Waals surface area contributed by atoms with Crippen LogP contribution in [-0.2, 0) is 0 Å². The van der Waals surface area contributed by atoms with E-state index in [9.17, 15) is 39.6 Å². The van der Waals surface area contributed by atoms with E-state index in [0.29, 0.717) is 10.9 Å². The van der Waals surface area contributed by atoms with Crippen LogP contribution in [-0.4, -0.2) is 44.6 Å². The third-order valence-corrected chi connectivity index (χ3v) is 7.80. The van der Waals surface area contributed by atoms with E-state index in [-0.39, 0.29) is 33.9 Å². The van der Waals surface area contributed by atoms with Crippen LogP contribution >= 0.6 is 0 Å². The number of aromatic hydroxyl groups is 4. The van der Waals surface area contributed by atoms with Gasteiger partial charge in [0, 0.05) is 34.5 Å². The number of phenols is 4. The molecule has 0 aliphatic heterocycles. The van der Waals surface area contributed by atoms with Gasteiger partial charge in [-0.05, 0) is 70.1 Å². The van der Waals surface area contributed by atoms with Crippen LogP contribution in [0, 0.1) is 0 Å². The van der Waals surface area contributed by atoms with Gasteiger partial charge in [0.25, 0.3) is 0 Å². The van der Waals surface area contributed by atoms with Crippen molar-refractivity contribution in [3.05, 3.63) is 125 Å². The third kappa shape index (κ3) is 5.83. The summed E-state index contributed by atoms with van der Waals surface area (Å²) in [5, 5.41) is 43.9. The van der Waals surface area contributed by atoms with Crippen LogP contribution in [0.5, 0.6) is 40.2 Å². The van der Waals surface area contributed by atoms with Gasteiger partial charge in [-0.25, -0.2) is 14.4 Å². The molecule has 0 fully saturated rings. The Bertz CT molecular complexity index is 2380. The maximum atomic E-state index is 13.7. The molecule has 49 heavy (non-hydrogen) atoms. The zero-order chi connectivity index (χ0) is 34.4. The predicted molar refractivity (Wildman–Crippen MR) is 176 cm³/mol. The summed E-state index contributed by atoms with van der Waals surface area (Å²) in [4.78, 5) is 51.3. The van der Waals surface area contributed by atoms with E-state index in [1.54, 1.807) is 24.3 Å². The molecule has 7 aromatic carbocycles. The summed E-state index contributed by atoms with van der Waals surface area (Å²) < 4.78 is 16.7. The van der Waals surface area contributed by atoms with Crippen LogP contribution in [0.25, 0.3) is 32.3 Å². The van der Waals surface area contributed by atoms with E-state index in [0.717, 1.165) is 75.7 Å². The van der Waals surface area contributed by atoms with Gasteiger partial charge in [-0.1, -0.05) is 36.4 Å². The summed E-state index contributed by atoms with van der Waals surface area (Å²) in [6, 6.07) is 24.1. The highest BCUT2D eigenvalue weighted by Crippen LogP contribution is 2.40. The molecule has 0 radical (unpaired) electrons. The van der Waals surface area contributed by atoms with Crippen molar-refractivity contribution in [2.75, 3.05) is 0 Å². The lowest BCUT2D eigenvalue weighted by molar-refractivity contribution is 0.0706. The number of carbonyl (C=O) groups is 4. The second-order valence-corrected chi connectivity index (χ2v) is 11.1. The molecular formula is C38H22O11. The van der Waals surface area contributed by atoms with E-state index in [1.165, 1.54) is 12.1 Å². The molecule has 0 bridgehead atoms. The fourth-order valence-corrected chi connectivity index (χ4v) is 5.71. The molecule has 0 amide bonds. The van der Waals surface area contributed by atoms with Gasteiger partial charge in [0.2, 0.25) is 0 Å². The summed E-state index contributed by atoms with van der Waals surface area (Å²) in [6.45, 7) is 0. The number of ether oxygens (including phenoxy) is 3. The molecule has 7 rings (SSSR count). The molecule has 11 nitrogen and oxygen atoms in total. The van der Waals surface area contributed by atoms with Crippen LogP contribution in [0.1, 0.15) is 41.4 Å². The average Bonchev–Trinajstić information content (AvgIpc) is 3.06. The topological polar surface area (TPSA) is 177 Å². The van der Waals surface area contributed by atoms with Crippen molar-refractivity contribution in [1.29, 1.82) is 0 Å². The molecule has 4 N–H and O–H groups in total. The highest BCUT2D eigenvalue weighted by atomic mass is 16.6. The Morgan fingerprint density at radius 1 is 0.469 bits per heavy atom. The van der Waals surface area contributed by atoms with Crippen molar-refractivity contribution in [2.45, 2.75) is 0 Å². The fourth-order valence-electron chi connectivity index (χ4n) is 5.71. The second kappa shape index (κ2) is 11.9. The van der Waals surface area contributed by atoms with E-state index in [1.807, 2.05) is 24.3 Å². The van der Waals surface area contributed by atoms with Gasteiger partial charge in [0.05, 0.1) is 16.7 Å². The van der Waals surface area contributed by atoms with Gasteiger partial charge in [0.1, 0.15) is 40.2 Å². The maximum Gasteiger partial charge on any atom is 0.343 e. The highest BCUT2D eigenvalue weighted by molar-refractivity contribution is 6.26. The molecular weight excluding hydrogens is 632 g/mol. The van der Waals surface area contributed by atoms with Crippen LogP contribution in [0.15, 0.2) is 103 Å². The minimum Gasteiger partial charge on any atom is -0.508 e. The van der Waals surface area contributed by atoms with Crippen LogP contribution in [0.4, 0.5) is 0 Å². The van der Waals surface area contributed by atoms with Crippen LogP contribution < -0.4 is 14.2 Å². The number of hydrogen-bond acceptors (Lipinski definition) is 11. The Hall–Kier alpha value is -7.14. The molecule has 0 saturated carbocycles. The van der Waals surface area contributed by atoms with Crippen LogP contribution in [0.2, 0.25) is 0 Å². The summed E-state index contributed by atoms with van der Waals surface area (Å²) >= 11 is 0. The number of hydrogen-bond donors (Lipinski definition) is 4. The number of esters is 3. The Morgan fingerprint density at radius 3 is 1.43 bits per heavy atom. The second-order valence-electron chi connectivity index (χ2n) is 11.1. The van der Waals surface area contributed by atoms with Gasteiger partial charge >= 0.3 is 17.9 Å². The van der Waals surface area contributed by atoms with Crippen LogP contribution in [0.3, 0.4) is 0 Å². The van der Waals surface area contributed by atoms with Gasteiger partial charge < -0.3 is 34.6 Å². The van der Waals surface area contributed by atoms with Crippen molar-refractivity contribution in [1.82, 2.24) is 0 Å². The smallest absolute Gasteiger partial charge is 0.343 e. The first kappa shape index (κ1) is 30.5. The first-order valence-corrected chi connectivity index (χ1v) is 14.6. The van der Waals surface area contributed by atoms with Gasteiger partial charge in [0.15, 0.2) is 6.29 Å². The Kier molecular flexibility index (Phi) is 7.41.